The van der Waals surface area contributed by atoms with E-state index in [1.807, 2.05) is 97.1 Å². The van der Waals surface area contributed by atoms with Crippen LogP contribution in [0.15, 0.2) is 97.1 Å². The summed E-state index contributed by atoms with van der Waals surface area (Å²) in [6.07, 6.45) is -1.34. The lowest BCUT2D eigenvalue weighted by Crippen LogP contribution is -2.42. The number of amides is 2. The molecule has 50 heavy (non-hydrogen) atoms. The number of nitrogens with one attached hydrogen (secondary N) is 2. The average Bonchev–Trinajstić information content (AvgIpc) is 3.62. The Bertz CT molecular complexity index is 1660. The van der Waals surface area contributed by atoms with Crippen molar-refractivity contribution in [3.8, 4) is 22.3 Å². The highest BCUT2D eigenvalue weighted by atomic mass is 33.1. The van der Waals surface area contributed by atoms with Gasteiger partial charge >= 0.3 is 24.1 Å². The molecule has 2 atom stereocenters. The summed E-state index contributed by atoms with van der Waals surface area (Å²) < 4.78 is 11.0. The summed E-state index contributed by atoms with van der Waals surface area (Å²) in [7, 11) is 2.71. The van der Waals surface area contributed by atoms with Crippen LogP contribution in [0, 0.1) is 0 Å². The van der Waals surface area contributed by atoms with Crippen LogP contribution in [-0.4, -0.2) is 71.1 Å². The minimum absolute atomic E-state index is 0.0750. The molecule has 0 aliphatic heterocycles. The number of rotatable bonds is 15. The molecule has 0 fully saturated rings. The van der Waals surface area contributed by atoms with E-state index in [9.17, 15) is 29.4 Å². The fourth-order valence-corrected chi connectivity index (χ4v) is 8.71. The highest BCUT2D eigenvalue weighted by Gasteiger charge is 2.31. The maximum atomic E-state index is 12.6. The maximum Gasteiger partial charge on any atom is 0.407 e. The third-order valence-electron chi connectivity index (χ3n) is 8.93. The second-order valence-electron chi connectivity index (χ2n) is 11.9. The molecule has 2 aliphatic rings. The number of fused-ring (bicyclic) bond motifs is 6. The summed E-state index contributed by atoms with van der Waals surface area (Å²) in [5.41, 5.74) is 8.62. The zero-order valence-electron chi connectivity index (χ0n) is 27.0. The molecule has 0 bridgehead atoms. The number of benzene rings is 4. The molecule has 2 unspecified atom stereocenters. The van der Waals surface area contributed by atoms with E-state index >= 15 is 0 Å². The van der Waals surface area contributed by atoms with Crippen LogP contribution in [-0.2, 0) is 19.1 Å². The highest BCUT2D eigenvalue weighted by molar-refractivity contribution is 8.76. The summed E-state index contributed by atoms with van der Waals surface area (Å²) in [5, 5.41) is 24.3. The number of ether oxygens (including phenoxy) is 2. The molecule has 4 N–H and O–H groups in total. The second kappa shape index (κ2) is 16.2. The van der Waals surface area contributed by atoms with Crippen molar-refractivity contribution >= 4 is 45.7 Å². The standard InChI is InChI=1S/C38H36N2O8S2/c41-35(42)33(39-37(45)47-21-31-27-13-5-1-9-23(27)24-10-2-6-14-28(24)31)17-19-49-50-20-18-34(36(43)44)40-38(46)48-22-32-29-15-7-3-11-25(29)26-12-4-8-16-30(26)32/h1-16,31-34H,17-22H2,(H,39,45)(H,40,46)(H,41,42)(H,43,44). The molecule has 0 heterocycles. The summed E-state index contributed by atoms with van der Waals surface area (Å²) in [5.74, 6) is -1.89. The minimum Gasteiger partial charge on any atom is -0.480 e. The maximum absolute atomic E-state index is 12.6. The van der Waals surface area contributed by atoms with Gasteiger partial charge in [-0.15, -0.1) is 0 Å². The Hall–Kier alpha value is -4.94. The van der Waals surface area contributed by atoms with Gasteiger partial charge in [0.05, 0.1) is 0 Å². The van der Waals surface area contributed by atoms with E-state index in [0.29, 0.717) is 11.5 Å². The second-order valence-corrected chi connectivity index (χ2v) is 14.6. The van der Waals surface area contributed by atoms with Gasteiger partial charge in [0.15, 0.2) is 0 Å². The number of carboxylic acid groups (broad SMARTS) is 2. The van der Waals surface area contributed by atoms with Crippen molar-refractivity contribution in [1.82, 2.24) is 10.6 Å². The zero-order chi connectivity index (χ0) is 35.0. The molecule has 12 heteroatoms. The van der Waals surface area contributed by atoms with Gasteiger partial charge in [0.1, 0.15) is 25.3 Å². The Balaban J connectivity index is 0.904. The first-order chi connectivity index (χ1) is 24.3. The van der Waals surface area contributed by atoms with Gasteiger partial charge in [-0.05, 0) is 57.3 Å². The van der Waals surface area contributed by atoms with Gasteiger partial charge in [-0.25, -0.2) is 19.2 Å². The SMILES string of the molecule is O=C(NC(CCSSCCC(NC(=O)OCC1c2ccccc2-c2ccccc21)C(=O)O)C(=O)O)OCC1c2ccccc2-c2ccccc21. The molecule has 258 valence electrons. The number of alkyl carbamates (subject to hydrolysis) is 2. The van der Waals surface area contributed by atoms with Crippen LogP contribution < -0.4 is 10.6 Å². The van der Waals surface area contributed by atoms with E-state index in [1.165, 1.54) is 21.6 Å². The smallest absolute Gasteiger partial charge is 0.407 e. The molecule has 0 saturated heterocycles. The van der Waals surface area contributed by atoms with E-state index in [4.69, 9.17) is 9.47 Å². The minimum atomic E-state index is -1.18. The largest absolute Gasteiger partial charge is 0.480 e. The van der Waals surface area contributed by atoms with Crippen molar-refractivity contribution in [2.24, 2.45) is 0 Å². The molecule has 10 nitrogen and oxygen atoms in total. The molecule has 0 saturated carbocycles. The van der Waals surface area contributed by atoms with Gasteiger partial charge < -0.3 is 30.3 Å². The van der Waals surface area contributed by atoms with Crippen LogP contribution in [0.5, 0.6) is 0 Å². The molecule has 4 aromatic rings. The van der Waals surface area contributed by atoms with Crippen LogP contribution in [0.4, 0.5) is 9.59 Å². The first-order valence-corrected chi connectivity index (χ1v) is 18.7. The summed E-state index contributed by atoms with van der Waals surface area (Å²) in [6, 6.07) is 29.5. The lowest BCUT2D eigenvalue weighted by molar-refractivity contribution is -0.140. The van der Waals surface area contributed by atoms with Crippen molar-refractivity contribution < 1.29 is 38.9 Å². The number of hydrogen-bond donors (Lipinski definition) is 4. The van der Waals surface area contributed by atoms with Crippen LogP contribution in [0.25, 0.3) is 22.3 Å². The molecule has 6 rings (SSSR count). The number of hydrogen-bond acceptors (Lipinski definition) is 8. The molecule has 0 spiro atoms. The molecular formula is C38H36N2O8S2. The van der Waals surface area contributed by atoms with Crippen molar-refractivity contribution in [1.29, 1.82) is 0 Å². The van der Waals surface area contributed by atoms with Crippen LogP contribution in [0.3, 0.4) is 0 Å². The zero-order valence-corrected chi connectivity index (χ0v) is 28.6. The lowest BCUT2D eigenvalue weighted by Gasteiger charge is -2.18. The van der Waals surface area contributed by atoms with Crippen molar-refractivity contribution in [3.63, 3.8) is 0 Å². The number of carbonyl (C=O) groups excluding carboxylic acids is 2. The monoisotopic (exact) mass is 712 g/mol. The van der Waals surface area contributed by atoms with Crippen molar-refractivity contribution in [2.45, 2.75) is 36.8 Å². The summed E-state index contributed by atoms with van der Waals surface area (Å²) in [4.78, 5) is 49.0. The molecular weight excluding hydrogens is 677 g/mol. The summed E-state index contributed by atoms with van der Waals surface area (Å²) >= 11 is 0. The first-order valence-electron chi connectivity index (χ1n) is 16.2. The van der Waals surface area contributed by atoms with Gasteiger partial charge in [-0.1, -0.05) is 119 Å². The molecule has 2 aliphatic carbocycles. The third kappa shape index (κ3) is 7.92. The van der Waals surface area contributed by atoms with Crippen molar-refractivity contribution in [2.75, 3.05) is 24.7 Å². The quantitative estimate of drug-likeness (QED) is 0.0740. The van der Waals surface area contributed by atoms with E-state index in [1.54, 1.807) is 0 Å². The fraction of sp³-hybridized carbons (Fsp3) is 0.263. The average molecular weight is 713 g/mol. The van der Waals surface area contributed by atoms with Gasteiger partial charge in [0, 0.05) is 23.3 Å². The highest BCUT2D eigenvalue weighted by Crippen LogP contribution is 2.45. The van der Waals surface area contributed by atoms with Gasteiger partial charge in [0.25, 0.3) is 0 Å². The van der Waals surface area contributed by atoms with E-state index in [2.05, 4.69) is 10.6 Å². The molecule has 0 radical (unpaired) electrons. The summed E-state index contributed by atoms with van der Waals surface area (Å²) in [6.45, 7) is 0.150. The Morgan fingerprint density at radius 2 is 0.840 bits per heavy atom. The van der Waals surface area contributed by atoms with Crippen LogP contribution in [0.1, 0.15) is 46.9 Å². The molecule has 2 amide bonds. The Labute approximate surface area is 297 Å². The number of aliphatic carboxylic acids is 2. The van der Waals surface area contributed by atoms with Gasteiger partial charge in [-0.2, -0.15) is 0 Å². The van der Waals surface area contributed by atoms with E-state index in [-0.39, 0.29) is 37.9 Å². The Morgan fingerprint density at radius 3 is 1.14 bits per heavy atom. The van der Waals surface area contributed by atoms with Gasteiger partial charge in [-0.3, -0.25) is 0 Å². The predicted molar refractivity (Wildman–Crippen MR) is 193 cm³/mol. The van der Waals surface area contributed by atoms with E-state index < -0.39 is 36.2 Å². The fourth-order valence-electron chi connectivity index (χ4n) is 6.53. The first kappa shape index (κ1) is 34.9. The number of carbonyl (C=O) groups is 4. The van der Waals surface area contributed by atoms with E-state index in [0.717, 1.165) is 44.5 Å². The predicted octanol–water partition coefficient (Wildman–Crippen LogP) is 7.13. The lowest BCUT2D eigenvalue weighted by atomic mass is 9.98. The van der Waals surface area contributed by atoms with Crippen molar-refractivity contribution in [3.05, 3.63) is 119 Å². The number of carboxylic acids is 2. The molecule has 4 aromatic carbocycles. The van der Waals surface area contributed by atoms with Crippen LogP contribution in [0.2, 0.25) is 0 Å². The normalized spacial score (nSPS) is 14.0. The third-order valence-corrected chi connectivity index (χ3v) is 11.4. The Kier molecular flexibility index (Phi) is 11.3. The molecule has 0 aromatic heterocycles. The van der Waals surface area contributed by atoms with Crippen LogP contribution >= 0.6 is 21.6 Å². The Morgan fingerprint density at radius 1 is 0.540 bits per heavy atom. The van der Waals surface area contributed by atoms with Gasteiger partial charge in [0.2, 0.25) is 0 Å². The topological polar surface area (TPSA) is 151 Å².